The molecule has 0 bridgehead atoms. The molecule has 0 aliphatic rings. The molecule has 0 aliphatic heterocycles. The average molecular weight is 237 g/mol. The summed E-state index contributed by atoms with van der Waals surface area (Å²) in [7, 11) is 0. The molecule has 1 rings (SSSR count). The summed E-state index contributed by atoms with van der Waals surface area (Å²) in [6.45, 7) is 13.2. The lowest BCUT2D eigenvalue weighted by molar-refractivity contribution is 0.479. The van der Waals surface area contributed by atoms with E-state index in [9.17, 15) is 0 Å². The van der Waals surface area contributed by atoms with Gasteiger partial charge in [-0.1, -0.05) is 20.3 Å². The molecule has 0 saturated heterocycles. The Bertz CT molecular complexity index is 341. The zero-order valence-corrected chi connectivity index (χ0v) is 12.1. The van der Waals surface area contributed by atoms with E-state index < -0.39 is 0 Å². The summed E-state index contributed by atoms with van der Waals surface area (Å²) in [5.41, 5.74) is 1.08. The molecule has 17 heavy (non-hydrogen) atoms. The minimum atomic E-state index is 0.453. The Kier molecular flexibility index (Phi) is 5.03. The van der Waals surface area contributed by atoms with Crippen molar-refractivity contribution in [2.45, 2.75) is 66.5 Å². The first-order valence-corrected chi connectivity index (χ1v) is 6.76. The molecule has 0 aliphatic carbocycles. The predicted octanol–water partition coefficient (Wildman–Crippen LogP) is 4.01. The van der Waals surface area contributed by atoms with Gasteiger partial charge in [0.1, 0.15) is 0 Å². The molecule has 3 nitrogen and oxygen atoms in total. The number of aryl methyl sites for hydroxylation is 1. The van der Waals surface area contributed by atoms with E-state index in [1.165, 1.54) is 12.8 Å². The minimum absolute atomic E-state index is 0.453. The van der Waals surface area contributed by atoms with Crippen molar-refractivity contribution in [3.63, 3.8) is 0 Å². The van der Waals surface area contributed by atoms with Crippen molar-refractivity contribution in [2.24, 2.45) is 5.92 Å². The second kappa shape index (κ2) is 6.08. The van der Waals surface area contributed by atoms with Crippen LogP contribution in [-0.4, -0.2) is 15.6 Å². The molecule has 98 valence electrons. The summed E-state index contributed by atoms with van der Waals surface area (Å²) in [4.78, 5) is 4.56. The molecule has 1 aromatic heterocycles. The Morgan fingerprint density at radius 1 is 1.29 bits per heavy atom. The van der Waals surface area contributed by atoms with Gasteiger partial charge in [-0.3, -0.25) is 0 Å². The number of hydrogen-bond donors (Lipinski definition) is 1. The molecule has 2 atom stereocenters. The summed E-state index contributed by atoms with van der Waals surface area (Å²) >= 11 is 0. The van der Waals surface area contributed by atoms with E-state index in [0.29, 0.717) is 12.1 Å². The van der Waals surface area contributed by atoms with Crippen LogP contribution in [-0.2, 0) is 0 Å². The van der Waals surface area contributed by atoms with Gasteiger partial charge in [-0.2, -0.15) is 0 Å². The lowest BCUT2D eigenvalue weighted by Gasteiger charge is -2.20. The van der Waals surface area contributed by atoms with Crippen LogP contribution in [0, 0.1) is 12.8 Å². The van der Waals surface area contributed by atoms with Crippen LogP contribution in [0.1, 0.15) is 59.2 Å². The van der Waals surface area contributed by atoms with Crippen molar-refractivity contribution >= 4 is 5.95 Å². The molecule has 0 spiro atoms. The number of nitrogens with zero attached hydrogens (tertiary/aromatic N) is 2. The zero-order chi connectivity index (χ0) is 13.0. The van der Waals surface area contributed by atoms with E-state index in [0.717, 1.165) is 17.6 Å². The van der Waals surface area contributed by atoms with Gasteiger partial charge in [-0.15, -0.1) is 0 Å². The largest absolute Gasteiger partial charge is 0.353 e. The Balaban J connectivity index is 2.67. The SMILES string of the molecule is CCC(C)CC(C)Nc1nc(C)cn1C(C)C. The lowest BCUT2D eigenvalue weighted by atomic mass is 10.0. The quantitative estimate of drug-likeness (QED) is 0.810. The first kappa shape index (κ1) is 14.1. The molecule has 1 aromatic rings. The number of imidazole rings is 1. The minimum Gasteiger partial charge on any atom is -0.353 e. The van der Waals surface area contributed by atoms with Crippen LogP contribution in [0.5, 0.6) is 0 Å². The number of aromatic nitrogens is 2. The highest BCUT2D eigenvalue weighted by atomic mass is 15.2. The fraction of sp³-hybridized carbons (Fsp3) is 0.786. The van der Waals surface area contributed by atoms with Gasteiger partial charge in [0.05, 0.1) is 5.69 Å². The van der Waals surface area contributed by atoms with Crippen LogP contribution in [0.4, 0.5) is 5.95 Å². The van der Waals surface area contributed by atoms with Gasteiger partial charge in [-0.05, 0) is 40.0 Å². The second-order valence-corrected chi connectivity index (χ2v) is 5.50. The molecule has 2 unspecified atom stereocenters. The average Bonchev–Trinajstić information content (AvgIpc) is 2.59. The number of hydrogen-bond acceptors (Lipinski definition) is 2. The van der Waals surface area contributed by atoms with Crippen molar-refractivity contribution in [3.8, 4) is 0 Å². The van der Waals surface area contributed by atoms with Crippen LogP contribution < -0.4 is 5.32 Å². The van der Waals surface area contributed by atoms with Gasteiger partial charge in [0.2, 0.25) is 5.95 Å². The Hall–Kier alpha value is -0.990. The highest BCUT2D eigenvalue weighted by Crippen LogP contribution is 2.18. The number of nitrogens with one attached hydrogen (secondary N) is 1. The third-order valence-electron chi connectivity index (χ3n) is 3.24. The van der Waals surface area contributed by atoms with E-state index in [1.54, 1.807) is 0 Å². The molecular formula is C14H27N3. The van der Waals surface area contributed by atoms with Crippen molar-refractivity contribution in [1.82, 2.24) is 9.55 Å². The maximum Gasteiger partial charge on any atom is 0.203 e. The third kappa shape index (κ3) is 4.06. The van der Waals surface area contributed by atoms with Crippen LogP contribution in [0.2, 0.25) is 0 Å². The van der Waals surface area contributed by atoms with Crippen LogP contribution >= 0.6 is 0 Å². The first-order chi connectivity index (χ1) is 7.93. The molecule has 0 radical (unpaired) electrons. The fourth-order valence-corrected chi connectivity index (χ4v) is 2.07. The van der Waals surface area contributed by atoms with Crippen molar-refractivity contribution in [2.75, 3.05) is 5.32 Å². The van der Waals surface area contributed by atoms with Crippen molar-refractivity contribution in [1.29, 1.82) is 0 Å². The normalized spacial score (nSPS) is 15.0. The van der Waals surface area contributed by atoms with Gasteiger partial charge < -0.3 is 9.88 Å². The summed E-state index contributed by atoms with van der Waals surface area (Å²) in [5, 5.41) is 3.53. The molecule has 1 heterocycles. The Morgan fingerprint density at radius 3 is 2.47 bits per heavy atom. The second-order valence-electron chi connectivity index (χ2n) is 5.50. The summed E-state index contributed by atoms with van der Waals surface area (Å²) in [6, 6.07) is 0.929. The van der Waals surface area contributed by atoms with E-state index >= 15 is 0 Å². The van der Waals surface area contributed by atoms with Gasteiger partial charge in [-0.25, -0.2) is 4.98 Å². The van der Waals surface area contributed by atoms with Crippen LogP contribution in [0.25, 0.3) is 0 Å². The maximum absolute atomic E-state index is 4.56. The summed E-state index contributed by atoms with van der Waals surface area (Å²) < 4.78 is 2.21. The van der Waals surface area contributed by atoms with E-state index in [1.807, 2.05) is 6.92 Å². The van der Waals surface area contributed by atoms with Gasteiger partial charge >= 0.3 is 0 Å². The standard InChI is InChI=1S/C14H27N3/c1-7-11(4)8-12(5)15-14-16-13(6)9-17(14)10(2)3/h9-12H,7-8H2,1-6H3,(H,15,16). The molecule has 0 fully saturated rings. The monoisotopic (exact) mass is 237 g/mol. The third-order valence-corrected chi connectivity index (χ3v) is 3.24. The summed E-state index contributed by atoms with van der Waals surface area (Å²) in [6.07, 6.45) is 4.55. The van der Waals surface area contributed by atoms with Crippen molar-refractivity contribution < 1.29 is 0 Å². The van der Waals surface area contributed by atoms with Crippen LogP contribution in [0.3, 0.4) is 0 Å². The molecule has 0 amide bonds. The smallest absolute Gasteiger partial charge is 0.203 e. The molecule has 0 aromatic carbocycles. The Labute approximate surface area is 106 Å². The van der Waals surface area contributed by atoms with Crippen LogP contribution in [0.15, 0.2) is 6.20 Å². The van der Waals surface area contributed by atoms with Crippen molar-refractivity contribution in [3.05, 3.63) is 11.9 Å². The maximum atomic E-state index is 4.56. The molecule has 0 saturated carbocycles. The molecule has 1 N–H and O–H groups in total. The highest BCUT2D eigenvalue weighted by Gasteiger charge is 2.12. The van der Waals surface area contributed by atoms with E-state index in [2.05, 4.69) is 55.7 Å². The Morgan fingerprint density at radius 2 is 1.94 bits per heavy atom. The summed E-state index contributed by atoms with van der Waals surface area (Å²) in [5.74, 6) is 1.77. The number of anilines is 1. The number of rotatable bonds is 6. The zero-order valence-electron chi connectivity index (χ0n) is 12.1. The van der Waals surface area contributed by atoms with Gasteiger partial charge in [0.25, 0.3) is 0 Å². The van der Waals surface area contributed by atoms with E-state index in [4.69, 9.17) is 0 Å². The molecular weight excluding hydrogens is 210 g/mol. The molecule has 3 heteroatoms. The first-order valence-electron chi connectivity index (χ1n) is 6.76. The fourth-order valence-electron chi connectivity index (χ4n) is 2.07. The lowest BCUT2D eigenvalue weighted by Crippen LogP contribution is -2.21. The predicted molar refractivity (Wildman–Crippen MR) is 74.5 cm³/mol. The van der Waals surface area contributed by atoms with Gasteiger partial charge in [0.15, 0.2) is 0 Å². The topological polar surface area (TPSA) is 29.9 Å². The van der Waals surface area contributed by atoms with Gasteiger partial charge in [0, 0.05) is 18.3 Å². The highest BCUT2D eigenvalue weighted by molar-refractivity contribution is 5.30. The van der Waals surface area contributed by atoms with E-state index in [-0.39, 0.29) is 0 Å².